The molecule has 7 heteroatoms. The smallest absolute Gasteiger partial charge is 0.343 e. The Kier molecular flexibility index (Phi) is 4.67. The van der Waals surface area contributed by atoms with Gasteiger partial charge in [-0.15, -0.1) is 0 Å². The first kappa shape index (κ1) is 13.5. The second kappa shape index (κ2) is 6.24. The van der Waals surface area contributed by atoms with Gasteiger partial charge in [-0.1, -0.05) is 18.2 Å². The molecule has 1 aromatic carbocycles. The topological polar surface area (TPSA) is 95.7 Å². The molecule has 95 valence electrons. The number of anilines is 1. The zero-order chi connectivity index (χ0) is 13.5. The van der Waals surface area contributed by atoms with Crippen molar-refractivity contribution >= 4 is 24.0 Å². The van der Waals surface area contributed by atoms with E-state index in [0.29, 0.717) is 5.69 Å². The number of benzene rings is 1. The fraction of sp³-hybridized carbons (Fsp3) is 0.182. The molecule has 0 saturated carbocycles. The Morgan fingerprint density at radius 2 is 1.94 bits per heavy atom. The number of nitrogens with two attached hydrogens (primary N) is 1. The number of carbonyl (C=O) groups is 2. The Morgan fingerprint density at radius 3 is 2.44 bits per heavy atom. The summed E-state index contributed by atoms with van der Waals surface area (Å²) in [4.78, 5) is 34.2. The maximum atomic E-state index is 12.0. The number of carbonyl (C=O) groups excluding carboxylic acids is 3. The zero-order valence-corrected chi connectivity index (χ0v) is 9.79. The normalized spacial score (nSPS) is 9.39. The molecule has 18 heavy (non-hydrogen) atoms. The molecule has 0 saturated heterocycles. The van der Waals surface area contributed by atoms with Crippen LogP contribution in [0.5, 0.6) is 0 Å². The van der Waals surface area contributed by atoms with Gasteiger partial charge in [-0.05, 0) is 12.1 Å². The lowest BCUT2D eigenvalue weighted by Crippen LogP contribution is -2.53. The van der Waals surface area contributed by atoms with Crippen molar-refractivity contribution in [2.45, 2.75) is 0 Å². The summed E-state index contributed by atoms with van der Waals surface area (Å²) in [5.74, 6) is 0. The highest BCUT2D eigenvalue weighted by molar-refractivity contribution is 5.95. The van der Waals surface area contributed by atoms with Crippen LogP contribution < -0.4 is 16.2 Å². The Hall–Kier alpha value is -2.57. The maximum Gasteiger partial charge on any atom is 0.343 e. The number of hydrogen-bond acceptors (Lipinski definition) is 3. The monoisotopic (exact) mass is 249 g/mol. The van der Waals surface area contributed by atoms with Gasteiger partial charge in [0.05, 0.1) is 12.2 Å². The van der Waals surface area contributed by atoms with Crippen LogP contribution in [0.15, 0.2) is 30.3 Å². The highest BCUT2D eigenvalue weighted by Gasteiger charge is 2.20. The van der Waals surface area contributed by atoms with Crippen LogP contribution >= 0.6 is 0 Å². The molecule has 0 aliphatic heterocycles. The van der Waals surface area contributed by atoms with Crippen LogP contribution in [0.25, 0.3) is 0 Å². The highest BCUT2D eigenvalue weighted by atomic mass is 16.2. The van der Waals surface area contributed by atoms with Gasteiger partial charge in [0.15, 0.2) is 0 Å². The number of nitrogens with zero attached hydrogens (tertiary/aromatic N) is 2. The SMILES string of the molecule is CN(C[C]=O)C(=O)N(NC(N)=O)c1ccccc1. The Balaban J connectivity index is 2.95. The summed E-state index contributed by atoms with van der Waals surface area (Å²) in [5, 5.41) is 0.958. The van der Waals surface area contributed by atoms with Crippen LogP contribution in [0.4, 0.5) is 15.3 Å². The van der Waals surface area contributed by atoms with Gasteiger partial charge in [-0.2, -0.15) is 0 Å². The van der Waals surface area contributed by atoms with Crippen molar-refractivity contribution in [3.8, 4) is 0 Å². The van der Waals surface area contributed by atoms with Crippen molar-refractivity contribution in [2.75, 3.05) is 18.6 Å². The zero-order valence-electron chi connectivity index (χ0n) is 9.79. The van der Waals surface area contributed by atoms with E-state index in [2.05, 4.69) is 5.43 Å². The summed E-state index contributed by atoms with van der Waals surface area (Å²) in [6.07, 6.45) is 1.59. The van der Waals surface area contributed by atoms with Crippen molar-refractivity contribution in [3.63, 3.8) is 0 Å². The molecule has 0 unspecified atom stereocenters. The first-order chi connectivity index (χ1) is 8.56. The maximum absolute atomic E-state index is 12.0. The molecule has 0 aliphatic carbocycles. The lowest BCUT2D eigenvalue weighted by Gasteiger charge is -2.26. The Bertz CT molecular complexity index is 435. The fourth-order valence-electron chi connectivity index (χ4n) is 1.25. The molecular weight excluding hydrogens is 236 g/mol. The molecule has 0 bridgehead atoms. The third kappa shape index (κ3) is 3.48. The van der Waals surface area contributed by atoms with Crippen LogP contribution in [0.1, 0.15) is 0 Å². The molecule has 0 spiro atoms. The summed E-state index contributed by atoms with van der Waals surface area (Å²) in [6.45, 7) is -0.206. The first-order valence-electron chi connectivity index (χ1n) is 5.07. The van der Waals surface area contributed by atoms with Crippen LogP contribution in [-0.2, 0) is 4.79 Å². The second-order valence-electron chi connectivity index (χ2n) is 3.43. The van der Waals surface area contributed by atoms with Gasteiger partial charge in [-0.3, -0.25) is 4.79 Å². The molecule has 1 radical (unpaired) electrons. The van der Waals surface area contributed by atoms with E-state index in [9.17, 15) is 14.4 Å². The van der Waals surface area contributed by atoms with Crippen molar-refractivity contribution < 1.29 is 14.4 Å². The fourth-order valence-corrected chi connectivity index (χ4v) is 1.25. The number of primary amides is 1. The lowest BCUT2D eigenvalue weighted by molar-refractivity contribution is 0.215. The Labute approximate surface area is 104 Å². The minimum absolute atomic E-state index is 0.206. The van der Waals surface area contributed by atoms with E-state index >= 15 is 0 Å². The van der Waals surface area contributed by atoms with Crippen molar-refractivity contribution in [1.82, 2.24) is 10.3 Å². The minimum atomic E-state index is -0.879. The minimum Gasteiger partial charge on any atom is -0.350 e. The van der Waals surface area contributed by atoms with Crippen molar-refractivity contribution in [1.29, 1.82) is 0 Å². The average molecular weight is 249 g/mol. The molecule has 1 rings (SSSR count). The number of likely N-dealkylation sites (N-methyl/N-ethyl adjacent to an activating group) is 1. The molecule has 1 aromatic rings. The van der Waals surface area contributed by atoms with Gasteiger partial charge in [0.25, 0.3) is 0 Å². The largest absolute Gasteiger partial charge is 0.350 e. The van der Waals surface area contributed by atoms with Gasteiger partial charge in [0.1, 0.15) is 0 Å². The predicted octanol–water partition coefficient (Wildman–Crippen LogP) is 0.238. The van der Waals surface area contributed by atoms with Gasteiger partial charge < -0.3 is 10.6 Å². The molecular formula is C11H13N4O3. The molecule has 0 aliphatic rings. The van der Waals surface area contributed by atoms with E-state index in [-0.39, 0.29) is 6.54 Å². The molecule has 7 nitrogen and oxygen atoms in total. The molecule has 0 aromatic heterocycles. The number of para-hydroxylation sites is 1. The van der Waals surface area contributed by atoms with Crippen molar-refractivity contribution in [2.24, 2.45) is 5.73 Å². The van der Waals surface area contributed by atoms with Crippen LogP contribution in [0.2, 0.25) is 0 Å². The van der Waals surface area contributed by atoms with Crippen LogP contribution in [-0.4, -0.2) is 36.8 Å². The highest BCUT2D eigenvalue weighted by Crippen LogP contribution is 2.12. The van der Waals surface area contributed by atoms with E-state index in [4.69, 9.17) is 5.73 Å². The van der Waals surface area contributed by atoms with Gasteiger partial charge in [-0.25, -0.2) is 20.0 Å². The van der Waals surface area contributed by atoms with E-state index < -0.39 is 12.1 Å². The number of amides is 4. The quantitative estimate of drug-likeness (QED) is 0.751. The van der Waals surface area contributed by atoms with E-state index in [1.54, 1.807) is 36.6 Å². The van der Waals surface area contributed by atoms with Crippen LogP contribution in [0, 0.1) is 0 Å². The van der Waals surface area contributed by atoms with E-state index in [0.717, 1.165) is 9.91 Å². The summed E-state index contributed by atoms with van der Waals surface area (Å²) in [6, 6.07) is 6.92. The van der Waals surface area contributed by atoms with Crippen LogP contribution in [0.3, 0.4) is 0 Å². The van der Waals surface area contributed by atoms with Gasteiger partial charge in [0.2, 0.25) is 6.29 Å². The molecule has 3 N–H and O–H groups in total. The number of urea groups is 2. The van der Waals surface area contributed by atoms with E-state index in [1.165, 1.54) is 7.05 Å². The van der Waals surface area contributed by atoms with E-state index in [1.807, 2.05) is 0 Å². The third-order valence-corrected chi connectivity index (χ3v) is 2.06. The summed E-state index contributed by atoms with van der Waals surface area (Å²) >= 11 is 0. The third-order valence-electron chi connectivity index (χ3n) is 2.06. The molecule has 4 amide bonds. The molecule has 0 fully saturated rings. The standard InChI is InChI=1S/C11H13N4O3/c1-14(7-8-16)11(18)15(13-10(12)17)9-5-3-2-4-6-9/h2-6H,7H2,1H3,(H3,12,13,17). The summed E-state index contributed by atoms with van der Waals surface area (Å²) < 4.78 is 0. The number of hydrogen-bond donors (Lipinski definition) is 2. The summed E-state index contributed by atoms with van der Waals surface area (Å²) in [5.41, 5.74) is 7.62. The number of nitrogens with one attached hydrogen (secondary N) is 1. The molecule has 0 atom stereocenters. The average Bonchev–Trinajstić information content (AvgIpc) is 2.36. The summed E-state index contributed by atoms with van der Waals surface area (Å²) in [7, 11) is 1.41. The predicted molar refractivity (Wildman–Crippen MR) is 65.4 cm³/mol. The number of rotatable bonds is 3. The molecule has 0 heterocycles. The van der Waals surface area contributed by atoms with Gasteiger partial charge >= 0.3 is 12.1 Å². The first-order valence-corrected chi connectivity index (χ1v) is 5.07. The van der Waals surface area contributed by atoms with Crippen molar-refractivity contribution in [3.05, 3.63) is 30.3 Å². The second-order valence-corrected chi connectivity index (χ2v) is 3.43. The van der Waals surface area contributed by atoms with Gasteiger partial charge in [0, 0.05) is 7.05 Å². The number of hydrazine groups is 1. The lowest BCUT2D eigenvalue weighted by atomic mass is 10.3. The Morgan fingerprint density at radius 1 is 1.33 bits per heavy atom.